The monoisotopic (exact) mass is 524 g/mol. The van der Waals surface area contributed by atoms with Gasteiger partial charge in [0.2, 0.25) is 5.88 Å². The standard InChI is InChI=1S/C22H32N6O.HI/c1-3-24-22(27-10-8-17(2)20(14-27)28-11-9-23-16-28)26-13-19-6-7-21(25-12-19)29-15-18-4-5-18;/h6-7,9,11-12,16-18,20H,3-5,8,10,13-15H2,1-2H3,(H,24,26);1H. The number of nitrogens with one attached hydrogen (secondary N) is 1. The van der Waals surface area contributed by atoms with Crippen LogP contribution in [0.2, 0.25) is 0 Å². The fourth-order valence-corrected chi connectivity index (χ4v) is 3.76. The minimum absolute atomic E-state index is 0. The zero-order valence-corrected chi connectivity index (χ0v) is 20.2. The molecule has 2 aromatic rings. The van der Waals surface area contributed by atoms with E-state index in [1.807, 2.05) is 24.8 Å². The van der Waals surface area contributed by atoms with Crippen LogP contribution in [-0.2, 0) is 6.54 Å². The number of hydrogen-bond donors (Lipinski definition) is 1. The van der Waals surface area contributed by atoms with Crippen LogP contribution in [0.25, 0.3) is 0 Å². The molecule has 2 unspecified atom stereocenters. The van der Waals surface area contributed by atoms with Crippen molar-refractivity contribution in [1.29, 1.82) is 0 Å². The Balaban J connectivity index is 0.00000256. The maximum atomic E-state index is 5.73. The Labute approximate surface area is 196 Å². The molecule has 0 radical (unpaired) electrons. The van der Waals surface area contributed by atoms with Crippen molar-refractivity contribution in [3.63, 3.8) is 0 Å². The van der Waals surface area contributed by atoms with E-state index in [2.05, 4.69) is 50.9 Å². The Morgan fingerprint density at radius 3 is 2.83 bits per heavy atom. The third-order valence-electron chi connectivity index (χ3n) is 5.83. The van der Waals surface area contributed by atoms with Crippen molar-refractivity contribution >= 4 is 29.9 Å². The Morgan fingerprint density at radius 2 is 2.17 bits per heavy atom. The largest absolute Gasteiger partial charge is 0.477 e. The number of guanidine groups is 1. The number of rotatable bonds is 7. The van der Waals surface area contributed by atoms with Gasteiger partial charge in [-0.3, -0.25) is 0 Å². The smallest absolute Gasteiger partial charge is 0.213 e. The molecule has 8 heteroatoms. The van der Waals surface area contributed by atoms with Crippen LogP contribution in [0.1, 0.15) is 44.7 Å². The molecule has 2 atom stereocenters. The van der Waals surface area contributed by atoms with Gasteiger partial charge in [-0.1, -0.05) is 13.0 Å². The number of nitrogens with zero attached hydrogens (tertiary/aromatic N) is 5. The van der Waals surface area contributed by atoms with Crippen LogP contribution < -0.4 is 10.1 Å². The van der Waals surface area contributed by atoms with Crippen molar-refractivity contribution in [2.24, 2.45) is 16.8 Å². The molecule has 0 amide bonds. The summed E-state index contributed by atoms with van der Waals surface area (Å²) in [6, 6.07) is 4.44. The van der Waals surface area contributed by atoms with Gasteiger partial charge in [-0.25, -0.2) is 15.0 Å². The van der Waals surface area contributed by atoms with Gasteiger partial charge in [-0.05, 0) is 43.6 Å². The molecule has 2 aliphatic rings. The number of aliphatic imine (C=N–C) groups is 1. The molecule has 2 fully saturated rings. The Hall–Kier alpha value is -1.84. The van der Waals surface area contributed by atoms with Gasteiger partial charge >= 0.3 is 0 Å². The van der Waals surface area contributed by atoms with E-state index < -0.39 is 0 Å². The quantitative estimate of drug-likeness (QED) is 0.340. The predicted molar refractivity (Wildman–Crippen MR) is 129 cm³/mol. The van der Waals surface area contributed by atoms with Crippen LogP contribution in [0.4, 0.5) is 0 Å². The third kappa shape index (κ3) is 6.09. The van der Waals surface area contributed by atoms with Crippen molar-refractivity contribution in [2.75, 3.05) is 26.2 Å². The lowest BCUT2D eigenvalue weighted by Crippen LogP contribution is -2.49. The lowest BCUT2D eigenvalue weighted by atomic mass is 9.93. The number of aromatic nitrogens is 3. The minimum Gasteiger partial charge on any atom is -0.477 e. The van der Waals surface area contributed by atoms with Crippen LogP contribution in [-0.4, -0.2) is 51.6 Å². The van der Waals surface area contributed by atoms with Crippen LogP contribution >= 0.6 is 24.0 Å². The molecule has 2 aromatic heterocycles. The second-order valence-corrected chi connectivity index (χ2v) is 8.22. The number of pyridine rings is 1. The highest BCUT2D eigenvalue weighted by atomic mass is 127. The van der Waals surface area contributed by atoms with E-state index in [4.69, 9.17) is 9.73 Å². The first-order valence-corrected chi connectivity index (χ1v) is 10.8. The maximum Gasteiger partial charge on any atom is 0.213 e. The zero-order valence-electron chi connectivity index (χ0n) is 17.9. The molecule has 7 nitrogen and oxygen atoms in total. The molecule has 0 spiro atoms. The maximum absolute atomic E-state index is 5.73. The van der Waals surface area contributed by atoms with Gasteiger partial charge in [-0.15, -0.1) is 24.0 Å². The summed E-state index contributed by atoms with van der Waals surface area (Å²) in [5.74, 6) is 3.04. The Kier molecular flexibility index (Phi) is 8.35. The summed E-state index contributed by atoms with van der Waals surface area (Å²) in [6.07, 6.45) is 11.4. The molecule has 1 saturated heterocycles. The molecule has 1 aliphatic heterocycles. The fraction of sp³-hybridized carbons (Fsp3) is 0.591. The van der Waals surface area contributed by atoms with E-state index in [0.29, 0.717) is 24.4 Å². The molecular formula is C22H33IN6O. The topological polar surface area (TPSA) is 67.6 Å². The van der Waals surface area contributed by atoms with Gasteiger partial charge in [-0.2, -0.15) is 0 Å². The average molecular weight is 524 g/mol. The summed E-state index contributed by atoms with van der Waals surface area (Å²) in [4.78, 5) is 15.9. The summed E-state index contributed by atoms with van der Waals surface area (Å²) >= 11 is 0. The predicted octanol–water partition coefficient (Wildman–Crippen LogP) is 3.73. The van der Waals surface area contributed by atoms with Crippen LogP contribution in [0.3, 0.4) is 0 Å². The number of piperidine rings is 1. The second kappa shape index (κ2) is 11.0. The highest BCUT2D eigenvalue weighted by molar-refractivity contribution is 14.0. The summed E-state index contributed by atoms with van der Waals surface area (Å²) in [6.45, 7) is 8.65. The van der Waals surface area contributed by atoms with Crippen molar-refractivity contribution in [3.8, 4) is 5.88 Å². The van der Waals surface area contributed by atoms with Crippen LogP contribution in [0.5, 0.6) is 5.88 Å². The summed E-state index contributed by atoms with van der Waals surface area (Å²) in [5.41, 5.74) is 1.09. The molecule has 3 heterocycles. The van der Waals surface area contributed by atoms with Gasteiger partial charge in [0.1, 0.15) is 0 Å². The van der Waals surface area contributed by atoms with Gasteiger partial charge in [0, 0.05) is 44.3 Å². The van der Waals surface area contributed by atoms with E-state index in [-0.39, 0.29) is 24.0 Å². The molecule has 30 heavy (non-hydrogen) atoms. The van der Waals surface area contributed by atoms with Crippen molar-refractivity contribution in [3.05, 3.63) is 42.6 Å². The Morgan fingerprint density at radius 1 is 1.30 bits per heavy atom. The second-order valence-electron chi connectivity index (χ2n) is 8.22. The summed E-state index contributed by atoms with van der Waals surface area (Å²) in [5, 5.41) is 3.46. The van der Waals surface area contributed by atoms with Crippen LogP contribution in [0.15, 0.2) is 42.0 Å². The summed E-state index contributed by atoms with van der Waals surface area (Å²) < 4.78 is 7.95. The average Bonchev–Trinajstić information content (AvgIpc) is 3.42. The fourth-order valence-electron chi connectivity index (χ4n) is 3.76. The molecule has 0 bridgehead atoms. The third-order valence-corrected chi connectivity index (χ3v) is 5.83. The normalized spacial score (nSPS) is 21.8. The van der Waals surface area contributed by atoms with E-state index in [1.165, 1.54) is 12.8 Å². The van der Waals surface area contributed by atoms with Crippen molar-refractivity contribution < 1.29 is 4.74 Å². The number of halogens is 1. The number of imidazole rings is 1. The molecule has 1 saturated carbocycles. The first-order chi connectivity index (χ1) is 14.2. The van der Waals surface area contributed by atoms with Crippen molar-refractivity contribution in [1.82, 2.24) is 24.8 Å². The number of likely N-dealkylation sites (tertiary alicyclic amines) is 1. The highest BCUT2D eigenvalue weighted by Crippen LogP contribution is 2.29. The van der Waals surface area contributed by atoms with E-state index in [1.54, 1.807) is 0 Å². The van der Waals surface area contributed by atoms with Gasteiger partial charge < -0.3 is 19.5 Å². The Bertz CT molecular complexity index is 790. The molecule has 0 aromatic carbocycles. The summed E-state index contributed by atoms with van der Waals surface area (Å²) in [7, 11) is 0. The lowest BCUT2D eigenvalue weighted by Gasteiger charge is -2.39. The molecule has 1 aliphatic carbocycles. The van der Waals surface area contributed by atoms with E-state index in [0.717, 1.165) is 50.1 Å². The molecule has 1 N–H and O–H groups in total. The number of hydrogen-bond acceptors (Lipinski definition) is 4. The van der Waals surface area contributed by atoms with Gasteiger partial charge in [0.25, 0.3) is 0 Å². The molecular weight excluding hydrogens is 491 g/mol. The first kappa shape index (κ1) is 22.8. The molecule has 4 rings (SSSR count). The van der Waals surface area contributed by atoms with E-state index in [9.17, 15) is 0 Å². The highest BCUT2D eigenvalue weighted by Gasteiger charge is 2.28. The minimum atomic E-state index is 0. The van der Waals surface area contributed by atoms with Crippen LogP contribution in [0, 0.1) is 11.8 Å². The van der Waals surface area contributed by atoms with Gasteiger partial charge in [0.05, 0.1) is 25.5 Å². The zero-order chi connectivity index (χ0) is 20.1. The SMILES string of the molecule is CCNC(=NCc1ccc(OCC2CC2)nc1)N1CCC(C)C(n2ccnc2)C1.I. The first-order valence-electron chi connectivity index (χ1n) is 10.8. The van der Waals surface area contributed by atoms with Crippen molar-refractivity contribution in [2.45, 2.75) is 45.7 Å². The molecule has 164 valence electrons. The van der Waals surface area contributed by atoms with Gasteiger partial charge in [0.15, 0.2) is 5.96 Å². The van der Waals surface area contributed by atoms with E-state index >= 15 is 0 Å². The number of ether oxygens (including phenoxy) is 1. The lowest BCUT2D eigenvalue weighted by molar-refractivity contribution is 0.189.